The maximum absolute atomic E-state index is 13.2. The van der Waals surface area contributed by atoms with E-state index in [0.717, 1.165) is 67.2 Å². The number of carbonyl (C=O) groups is 1. The first-order valence-electron chi connectivity index (χ1n) is 15.0. The normalized spacial score (nSPS) is 25.1. The maximum Gasteiger partial charge on any atom is 0.267 e. The zero-order valence-corrected chi connectivity index (χ0v) is 24.4. The minimum Gasteiger partial charge on any atom is -0.493 e. The molecule has 3 heterocycles. The van der Waals surface area contributed by atoms with Crippen molar-refractivity contribution in [2.45, 2.75) is 69.8 Å². The minimum atomic E-state index is -0.695. The highest BCUT2D eigenvalue weighted by Gasteiger charge is 2.35. The van der Waals surface area contributed by atoms with Gasteiger partial charge in [-0.25, -0.2) is 0 Å². The van der Waals surface area contributed by atoms with Gasteiger partial charge in [-0.05, 0) is 68.7 Å². The van der Waals surface area contributed by atoms with Crippen molar-refractivity contribution in [3.8, 4) is 11.5 Å². The van der Waals surface area contributed by atoms with Crippen LogP contribution in [0.25, 0.3) is 21.9 Å². The smallest absolute Gasteiger partial charge is 0.267 e. The Kier molecular flexibility index (Phi) is 8.16. The lowest BCUT2D eigenvalue weighted by molar-refractivity contribution is -0.0272. The first kappa shape index (κ1) is 28.6. The fourth-order valence-electron chi connectivity index (χ4n) is 6.49. The molecule has 1 aliphatic heterocycles. The summed E-state index contributed by atoms with van der Waals surface area (Å²) in [6.07, 6.45) is 5.83. The van der Waals surface area contributed by atoms with Crippen molar-refractivity contribution in [3.05, 3.63) is 60.0 Å². The number of aromatic amines is 1. The second-order valence-corrected chi connectivity index (χ2v) is 12.1. The van der Waals surface area contributed by atoms with Crippen molar-refractivity contribution in [2.24, 2.45) is 5.92 Å². The molecular weight excluding hydrogens is 534 g/mol. The molecule has 0 unspecified atom stereocenters. The highest BCUT2D eigenvalue weighted by Crippen LogP contribution is 2.34. The van der Waals surface area contributed by atoms with E-state index in [-0.39, 0.29) is 24.0 Å². The monoisotopic (exact) mass is 575 g/mol. The van der Waals surface area contributed by atoms with Crippen molar-refractivity contribution in [3.63, 3.8) is 0 Å². The molecule has 1 amide bonds. The Labute approximate surface area is 245 Å². The molecule has 1 aliphatic carbocycles. The predicted molar refractivity (Wildman–Crippen MR) is 161 cm³/mol. The number of amides is 1. The van der Waals surface area contributed by atoms with E-state index in [1.54, 1.807) is 13.4 Å². The number of nitrogens with one attached hydrogen (secondary N) is 2. The van der Waals surface area contributed by atoms with Crippen LogP contribution in [-0.4, -0.2) is 70.5 Å². The van der Waals surface area contributed by atoms with Gasteiger partial charge in [0, 0.05) is 47.5 Å². The molecule has 224 valence electrons. The highest BCUT2D eigenvalue weighted by atomic mass is 16.5. The summed E-state index contributed by atoms with van der Waals surface area (Å²) in [6.45, 7) is 5.00. The van der Waals surface area contributed by atoms with Crippen LogP contribution in [0, 0.1) is 5.92 Å². The van der Waals surface area contributed by atoms with Crippen LogP contribution in [0.4, 0.5) is 0 Å². The Hall–Kier alpha value is -3.53. The van der Waals surface area contributed by atoms with Gasteiger partial charge < -0.3 is 39.3 Å². The van der Waals surface area contributed by atoms with Crippen LogP contribution in [0.15, 0.2) is 53.1 Å². The van der Waals surface area contributed by atoms with Crippen molar-refractivity contribution in [1.29, 1.82) is 0 Å². The second kappa shape index (κ2) is 12.0. The average molecular weight is 576 g/mol. The number of benzene rings is 2. The van der Waals surface area contributed by atoms with Crippen LogP contribution in [-0.2, 0) is 6.61 Å². The number of ether oxygens (including phenoxy) is 2. The third-order valence-corrected chi connectivity index (χ3v) is 9.20. The number of nitrogens with zero attached hydrogens (tertiary/aromatic N) is 1. The summed E-state index contributed by atoms with van der Waals surface area (Å²) < 4.78 is 17.3. The number of rotatable bonds is 9. The van der Waals surface area contributed by atoms with Gasteiger partial charge in [0.25, 0.3) is 5.91 Å². The number of furan rings is 1. The van der Waals surface area contributed by atoms with Gasteiger partial charge >= 0.3 is 0 Å². The fourth-order valence-corrected chi connectivity index (χ4v) is 6.49. The molecule has 4 aromatic rings. The molecule has 1 saturated heterocycles. The van der Waals surface area contributed by atoms with Gasteiger partial charge in [0.05, 0.1) is 25.1 Å². The molecule has 1 saturated carbocycles. The molecule has 2 fully saturated rings. The average Bonchev–Trinajstić information content (AvgIpc) is 3.63. The number of piperidine rings is 1. The lowest BCUT2D eigenvalue weighted by Gasteiger charge is -2.39. The van der Waals surface area contributed by atoms with Gasteiger partial charge in [0.2, 0.25) is 0 Å². The van der Waals surface area contributed by atoms with Gasteiger partial charge in [-0.3, -0.25) is 4.79 Å². The summed E-state index contributed by atoms with van der Waals surface area (Å²) in [7, 11) is 1.62. The maximum atomic E-state index is 13.2. The fraction of sp³-hybridized carbons (Fsp3) is 0.485. The Morgan fingerprint density at radius 2 is 1.93 bits per heavy atom. The number of likely N-dealkylation sites (tertiary alicyclic amines) is 1. The first-order chi connectivity index (χ1) is 20.3. The van der Waals surface area contributed by atoms with E-state index < -0.39 is 5.60 Å². The number of methoxy groups -OCH3 is 1. The lowest BCUT2D eigenvalue weighted by Crippen LogP contribution is -2.47. The number of para-hydroxylation sites is 1. The van der Waals surface area contributed by atoms with E-state index in [0.29, 0.717) is 42.2 Å². The summed E-state index contributed by atoms with van der Waals surface area (Å²) in [6, 6.07) is 13.4. The Morgan fingerprint density at radius 1 is 1.14 bits per heavy atom. The molecule has 0 bridgehead atoms. The van der Waals surface area contributed by atoms with Crippen molar-refractivity contribution < 1.29 is 28.9 Å². The van der Waals surface area contributed by atoms with Gasteiger partial charge in [0.15, 0.2) is 11.3 Å². The van der Waals surface area contributed by atoms with E-state index in [4.69, 9.17) is 13.9 Å². The first-order valence-corrected chi connectivity index (χ1v) is 15.0. The highest BCUT2D eigenvalue weighted by molar-refractivity contribution is 5.99. The molecular formula is C33H41N3O6. The molecule has 0 spiro atoms. The van der Waals surface area contributed by atoms with Crippen LogP contribution in [0.1, 0.15) is 61.5 Å². The summed E-state index contributed by atoms with van der Waals surface area (Å²) in [5.41, 5.74) is 2.22. The number of aliphatic hydroxyl groups excluding tert-OH is 1. The van der Waals surface area contributed by atoms with Gasteiger partial charge in [-0.15, -0.1) is 0 Å². The number of fused-ring (bicyclic) bond motifs is 2. The summed E-state index contributed by atoms with van der Waals surface area (Å²) in [5.74, 6) is 1.48. The van der Waals surface area contributed by atoms with Crippen LogP contribution >= 0.6 is 0 Å². The topological polar surface area (TPSA) is 120 Å². The van der Waals surface area contributed by atoms with E-state index >= 15 is 0 Å². The summed E-state index contributed by atoms with van der Waals surface area (Å²) in [5, 5.41) is 26.1. The molecule has 9 nitrogen and oxygen atoms in total. The Balaban J connectivity index is 1.04. The molecule has 4 N–H and O–H groups in total. The standard InChI is InChI=1S/C33H41N3O6/c1-21-18-36(15-11-28(21)37)16-14-33(39)12-9-23(10-13-33)34-32(38)27-17-25-26(35-27)6-4-7-29(25)41-19-22-20-42-31-24(22)5-3-8-30(31)40-2/h3-8,17,20-21,23,28,35,37,39H,9-16,18-19H2,1-2H3,(H,34,38)/t21-,23-,28-,33+/m0/s1. The molecule has 42 heavy (non-hydrogen) atoms. The minimum absolute atomic E-state index is 0.0245. The molecule has 2 aromatic carbocycles. The number of hydrogen-bond acceptors (Lipinski definition) is 7. The van der Waals surface area contributed by atoms with Gasteiger partial charge in [0.1, 0.15) is 18.1 Å². The van der Waals surface area contributed by atoms with Crippen LogP contribution in [0.2, 0.25) is 0 Å². The molecule has 6 rings (SSSR count). The predicted octanol–water partition coefficient (Wildman–Crippen LogP) is 5.00. The van der Waals surface area contributed by atoms with Crippen LogP contribution in [0.3, 0.4) is 0 Å². The second-order valence-electron chi connectivity index (χ2n) is 12.1. The third-order valence-electron chi connectivity index (χ3n) is 9.20. The van der Waals surface area contributed by atoms with E-state index in [9.17, 15) is 15.0 Å². The van der Waals surface area contributed by atoms with Crippen molar-refractivity contribution in [1.82, 2.24) is 15.2 Å². The largest absolute Gasteiger partial charge is 0.493 e. The molecule has 2 aromatic heterocycles. The quantitative estimate of drug-likeness (QED) is 0.222. The Bertz CT molecular complexity index is 1540. The number of H-pyrrole nitrogens is 1. The van der Waals surface area contributed by atoms with E-state index in [2.05, 4.69) is 22.1 Å². The van der Waals surface area contributed by atoms with Crippen molar-refractivity contribution in [2.75, 3.05) is 26.7 Å². The van der Waals surface area contributed by atoms with Gasteiger partial charge in [-0.2, -0.15) is 0 Å². The van der Waals surface area contributed by atoms with Crippen LogP contribution in [0.5, 0.6) is 11.5 Å². The number of carbonyl (C=O) groups excluding carboxylic acids is 1. The van der Waals surface area contributed by atoms with Gasteiger partial charge in [-0.1, -0.05) is 25.1 Å². The number of aromatic nitrogens is 1. The summed E-state index contributed by atoms with van der Waals surface area (Å²) >= 11 is 0. The van der Waals surface area contributed by atoms with E-state index in [1.807, 2.05) is 42.5 Å². The zero-order chi connectivity index (χ0) is 29.3. The SMILES string of the molecule is COc1cccc2c(COc3cccc4[nH]c(C(=O)N[C@H]5CC[C@](O)(CCN6CC[C@H](O)[C@@H](C)C6)CC5)cc34)coc12. The summed E-state index contributed by atoms with van der Waals surface area (Å²) in [4.78, 5) is 18.8. The molecule has 2 aliphatic rings. The lowest BCUT2D eigenvalue weighted by atomic mass is 9.80. The third kappa shape index (κ3) is 6.00. The molecule has 2 atom stereocenters. The van der Waals surface area contributed by atoms with Crippen molar-refractivity contribution >= 4 is 27.8 Å². The van der Waals surface area contributed by atoms with E-state index in [1.165, 1.54) is 0 Å². The zero-order valence-electron chi connectivity index (χ0n) is 24.4. The molecule has 9 heteroatoms. The van der Waals surface area contributed by atoms with Crippen LogP contribution < -0.4 is 14.8 Å². The number of aliphatic hydroxyl groups is 2. The Morgan fingerprint density at radius 3 is 2.71 bits per heavy atom. The number of hydrogen-bond donors (Lipinski definition) is 4. The molecule has 0 radical (unpaired) electrons.